The van der Waals surface area contributed by atoms with Gasteiger partial charge in [0.2, 0.25) is 0 Å². The van der Waals surface area contributed by atoms with Gasteiger partial charge >= 0.3 is 0 Å². The van der Waals surface area contributed by atoms with Gasteiger partial charge in [0.15, 0.2) is 5.78 Å². The zero-order valence-corrected chi connectivity index (χ0v) is 36.1. The van der Waals surface area contributed by atoms with E-state index >= 15 is 4.79 Å². The zero-order chi connectivity index (χ0) is 43.5. The van der Waals surface area contributed by atoms with E-state index in [1.807, 2.05) is 0 Å². The molecule has 1 heterocycles. The molecule has 0 aliphatic heterocycles. The molecular formula is C64H39NO. The Labute approximate surface area is 382 Å². The Morgan fingerprint density at radius 2 is 0.682 bits per heavy atom. The minimum Gasteiger partial charge on any atom is -0.309 e. The maximum Gasteiger partial charge on any atom is 0.193 e. The minimum absolute atomic E-state index is 0.0269. The van der Waals surface area contributed by atoms with Crippen LogP contribution in [0.25, 0.3) is 72.0 Å². The number of carbonyl (C=O) groups is 1. The van der Waals surface area contributed by atoms with E-state index in [1.54, 1.807) is 0 Å². The number of carbonyl (C=O) groups excluding carboxylic acids is 1. The molecule has 66 heavy (non-hydrogen) atoms. The second kappa shape index (κ2) is 12.7. The first kappa shape index (κ1) is 36.1. The van der Waals surface area contributed by atoms with E-state index in [1.165, 1.54) is 111 Å². The Morgan fingerprint density at radius 3 is 1.17 bits per heavy atom. The lowest BCUT2D eigenvalue weighted by Gasteiger charge is -2.31. The number of rotatable bonds is 3. The second-order valence-corrected chi connectivity index (χ2v) is 18.7. The maximum atomic E-state index is 15.5. The number of ketones is 1. The summed E-state index contributed by atoms with van der Waals surface area (Å²) in [6.07, 6.45) is 0. The van der Waals surface area contributed by atoms with Crippen molar-refractivity contribution >= 4 is 27.6 Å². The molecule has 2 spiro atoms. The standard InChI is InChI=1S/C64H39NO/c1-38-26-30-46-49-33-29-41(65-60-24-12-6-18-50(60)51-19-7-13-25-61(51)65)37-59(49)64(56(46)34-38)55-23-11-5-17-45(55)48-32-28-40(36-58(48)64)62(66)39-27-31-47-44-16-4-10-22-54(44)63(57(47)35-39)52-20-8-2-14-42(52)43-15-3-9-21-53(43)63/h2-37H,1H3. The van der Waals surface area contributed by atoms with Gasteiger partial charge in [0.25, 0.3) is 0 Å². The van der Waals surface area contributed by atoms with Gasteiger partial charge < -0.3 is 4.57 Å². The highest BCUT2D eigenvalue weighted by Gasteiger charge is 2.53. The molecule has 2 heteroatoms. The quantitative estimate of drug-likeness (QED) is 0.163. The van der Waals surface area contributed by atoms with Crippen LogP contribution in [0.5, 0.6) is 0 Å². The van der Waals surface area contributed by atoms with E-state index < -0.39 is 10.8 Å². The average molecular weight is 838 g/mol. The first-order valence-electron chi connectivity index (χ1n) is 23.0. The summed E-state index contributed by atoms with van der Waals surface area (Å²) in [6.45, 7) is 2.20. The second-order valence-electron chi connectivity index (χ2n) is 18.7. The summed E-state index contributed by atoms with van der Waals surface area (Å²) in [6, 6.07) is 79.9. The van der Waals surface area contributed by atoms with Crippen LogP contribution in [0.2, 0.25) is 0 Å². The van der Waals surface area contributed by atoms with Gasteiger partial charge in [0.05, 0.1) is 21.9 Å². The summed E-state index contributed by atoms with van der Waals surface area (Å²) < 4.78 is 2.43. The van der Waals surface area contributed by atoms with Gasteiger partial charge in [-0.3, -0.25) is 4.79 Å². The lowest BCUT2D eigenvalue weighted by Crippen LogP contribution is -2.27. The zero-order valence-electron chi connectivity index (χ0n) is 36.1. The highest BCUT2D eigenvalue weighted by atomic mass is 16.1. The predicted octanol–water partition coefficient (Wildman–Crippen LogP) is 15.0. The van der Waals surface area contributed by atoms with Crippen LogP contribution in [-0.4, -0.2) is 10.4 Å². The number of para-hydroxylation sites is 2. The van der Waals surface area contributed by atoms with Crippen LogP contribution in [0.3, 0.4) is 0 Å². The van der Waals surface area contributed by atoms with Crippen LogP contribution in [0.1, 0.15) is 66.0 Å². The summed E-state index contributed by atoms with van der Waals surface area (Å²) in [4.78, 5) is 15.5. The van der Waals surface area contributed by atoms with Crippen LogP contribution >= 0.6 is 0 Å². The number of aryl methyl sites for hydroxylation is 1. The van der Waals surface area contributed by atoms with Crippen molar-refractivity contribution in [3.8, 4) is 50.2 Å². The molecule has 0 bridgehead atoms. The number of nitrogens with zero attached hydrogens (tertiary/aromatic N) is 1. The summed E-state index contributed by atoms with van der Waals surface area (Å²) in [7, 11) is 0. The number of hydrogen-bond acceptors (Lipinski definition) is 1. The fourth-order valence-electron chi connectivity index (χ4n) is 13.2. The molecule has 15 rings (SSSR count). The Morgan fingerprint density at radius 1 is 0.333 bits per heavy atom. The van der Waals surface area contributed by atoms with Crippen molar-refractivity contribution in [2.45, 2.75) is 17.8 Å². The van der Waals surface area contributed by atoms with Crippen LogP contribution < -0.4 is 0 Å². The highest BCUT2D eigenvalue weighted by molar-refractivity contribution is 6.12. The monoisotopic (exact) mass is 837 g/mol. The molecule has 0 radical (unpaired) electrons. The molecule has 11 aromatic rings. The van der Waals surface area contributed by atoms with E-state index in [4.69, 9.17) is 0 Å². The normalized spacial score (nSPS) is 15.9. The summed E-state index contributed by atoms with van der Waals surface area (Å²) in [5.41, 5.74) is 24.6. The fraction of sp³-hybridized carbons (Fsp3) is 0.0469. The van der Waals surface area contributed by atoms with Crippen molar-refractivity contribution < 1.29 is 4.79 Å². The third kappa shape index (κ3) is 4.26. The van der Waals surface area contributed by atoms with Crippen LogP contribution in [-0.2, 0) is 10.8 Å². The summed E-state index contributed by atoms with van der Waals surface area (Å²) in [5.74, 6) is 0.0269. The Bertz CT molecular complexity index is 3880. The van der Waals surface area contributed by atoms with Crippen molar-refractivity contribution in [2.24, 2.45) is 0 Å². The van der Waals surface area contributed by atoms with Crippen LogP contribution in [0, 0.1) is 6.92 Å². The highest BCUT2D eigenvalue weighted by Crippen LogP contribution is 2.65. The molecule has 0 saturated heterocycles. The van der Waals surface area contributed by atoms with Gasteiger partial charge in [-0.25, -0.2) is 0 Å². The molecule has 1 aromatic heterocycles. The summed E-state index contributed by atoms with van der Waals surface area (Å²) >= 11 is 0. The van der Waals surface area contributed by atoms with E-state index in [2.05, 4.69) is 230 Å². The molecule has 0 fully saturated rings. The SMILES string of the molecule is Cc1ccc2c(c1)C1(c3ccccc3-c3ccc(C(=O)c4ccc5c(c4)C4(c6ccccc6-c6ccccc64)c4ccccc4-5)cc31)c1cc(-n3c4ccccc4c4ccccc43)ccc1-2. The molecule has 4 aliphatic rings. The molecular weight excluding hydrogens is 799 g/mol. The van der Waals surface area contributed by atoms with Gasteiger partial charge in [0, 0.05) is 27.6 Å². The molecule has 10 aromatic carbocycles. The van der Waals surface area contributed by atoms with Crippen molar-refractivity contribution in [3.63, 3.8) is 0 Å². The maximum absolute atomic E-state index is 15.5. The molecule has 1 atom stereocenters. The third-order valence-electron chi connectivity index (χ3n) is 15.7. The number of fused-ring (bicyclic) bond motifs is 23. The fourth-order valence-corrected chi connectivity index (χ4v) is 13.2. The first-order chi connectivity index (χ1) is 32.6. The molecule has 0 N–H and O–H groups in total. The van der Waals surface area contributed by atoms with Gasteiger partial charge in [-0.15, -0.1) is 0 Å². The van der Waals surface area contributed by atoms with Gasteiger partial charge in [-0.05, 0) is 132 Å². The lowest BCUT2D eigenvalue weighted by atomic mass is 9.69. The molecule has 4 aliphatic carbocycles. The van der Waals surface area contributed by atoms with Gasteiger partial charge in [0.1, 0.15) is 0 Å². The largest absolute Gasteiger partial charge is 0.309 e. The number of aromatic nitrogens is 1. The molecule has 1 unspecified atom stereocenters. The number of benzene rings is 10. The third-order valence-corrected chi connectivity index (χ3v) is 15.7. The van der Waals surface area contributed by atoms with E-state index in [0.717, 1.165) is 11.3 Å². The predicted molar refractivity (Wildman–Crippen MR) is 268 cm³/mol. The lowest BCUT2D eigenvalue weighted by molar-refractivity contribution is 0.103. The van der Waals surface area contributed by atoms with E-state index in [9.17, 15) is 0 Å². The topological polar surface area (TPSA) is 22.0 Å². The van der Waals surface area contributed by atoms with Crippen molar-refractivity contribution in [3.05, 3.63) is 280 Å². The van der Waals surface area contributed by atoms with Crippen molar-refractivity contribution in [1.29, 1.82) is 0 Å². The first-order valence-corrected chi connectivity index (χ1v) is 23.0. The smallest absolute Gasteiger partial charge is 0.193 e. The van der Waals surface area contributed by atoms with Gasteiger partial charge in [-0.2, -0.15) is 0 Å². The molecule has 0 saturated carbocycles. The molecule has 2 nitrogen and oxygen atoms in total. The van der Waals surface area contributed by atoms with Crippen LogP contribution in [0.15, 0.2) is 218 Å². The molecule has 306 valence electrons. The van der Waals surface area contributed by atoms with Gasteiger partial charge in [-0.1, -0.05) is 188 Å². The van der Waals surface area contributed by atoms with Crippen molar-refractivity contribution in [2.75, 3.05) is 0 Å². The van der Waals surface area contributed by atoms with Crippen LogP contribution in [0.4, 0.5) is 0 Å². The van der Waals surface area contributed by atoms with E-state index in [0.29, 0.717) is 11.1 Å². The van der Waals surface area contributed by atoms with Crippen molar-refractivity contribution in [1.82, 2.24) is 4.57 Å². The average Bonchev–Trinajstić information content (AvgIpc) is 4.13. The summed E-state index contributed by atoms with van der Waals surface area (Å²) in [5, 5.41) is 2.48. The Hall–Kier alpha value is -8.33. The number of hydrogen-bond donors (Lipinski definition) is 0. The molecule has 0 amide bonds. The van der Waals surface area contributed by atoms with E-state index in [-0.39, 0.29) is 5.78 Å². The Balaban J connectivity index is 0.951. The Kier molecular flexibility index (Phi) is 6.93. The minimum atomic E-state index is -0.644.